The highest BCUT2D eigenvalue weighted by atomic mass is 16.2. The normalized spacial score (nSPS) is 18.0. The number of amides is 1. The molecule has 100 valence electrons. The molecule has 0 N–H and O–H groups in total. The van der Waals surface area contributed by atoms with E-state index in [-0.39, 0.29) is 11.4 Å². The zero-order chi connectivity index (χ0) is 14.0. The molecular weight excluding hydrogens is 238 g/mol. The molecule has 0 bridgehead atoms. The van der Waals surface area contributed by atoms with E-state index in [2.05, 4.69) is 24.8 Å². The summed E-state index contributed by atoms with van der Waals surface area (Å²) in [7, 11) is 0. The summed E-state index contributed by atoms with van der Waals surface area (Å²) < 4.78 is 0. The molecule has 1 amide bonds. The minimum atomic E-state index is -0.0991. The van der Waals surface area contributed by atoms with E-state index in [1.165, 1.54) is 0 Å². The van der Waals surface area contributed by atoms with Crippen LogP contribution in [0.15, 0.2) is 24.3 Å². The van der Waals surface area contributed by atoms with E-state index in [1.807, 2.05) is 29.2 Å². The van der Waals surface area contributed by atoms with Crippen molar-refractivity contribution in [1.29, 1.82) is 5.26 Å². The van der Waals surface area contributed by atoms with Crippen LogP contribution in [0.1, 0.15) is 26.3 Å². The Kier molecular flexibility index (Phi) is 3.48. The van der Waals surface area contributed by atoms with Crippen molar-refractivity contribution in [3.05, 3.63) is 29.8 Å². The summed E-state index contributed by atoms with van der Waals surface area (Å²) in [6.07, 6.45) is 0. The first-order valence-electron chi connectivity index (χ1n) is 6.47. The molecule has 1 heterocycles. The second kappa shape index (κ2) is 4.93. The third-order valence-electron chi connectivity index (χ3n) is 3.66. The summed E-state index contributed by atoms with van der Waals surface area (Å²) in [6.45, 7) is 8.19. The minimum Gasteiger partial charge on any atom is -0.363 e. The van der Waals surface area contributed by atoms with Crippen molar-refractivity contribution in [2.75, 3.05) is 24.5 Å². The topological polar surface area (TPSA) is 47.3 Å². The lowest BCUT2D eigenvalue weighted by molar-refractivity contribution is -0.130. The number of nitrogens with zero attached hydrogens (tertiary/aromatic N) is 3. The molecule has 0 atom stereocenters. The smallest absolute Gasteiger partial charge is 0.219 e. The number of hydrogen-bond donors (Lipinski definition) is 0. The van der Waals surface area contributed by atoms with E-state index >= 15 is 0 Å². The predicted octanol–water partition coefficient (Wildman–Crippen LogP) is 2.01. The summed E-state index contributed by atoms with van der Waals surface area (Å²) in [5.41, 5.74) is 1.68. The number of piperazine rings is 1. The molecule has 1 aromatic rings. The molecule has 0 saturated carbocycles. The first-order valence-corrected chi connectivity index (χ1v) is 6.47. The Morgan fingerprint density at radius 3 is 2.37 bits per heavy atom. The van der Waals surface area contributed by atoms with E-state index in [4.69, 9.17) is 5.26 Å². The lowest BCUT2D eigenvalue weighted by Gasteiger charge is -2.48. The van der Waals surface area contributed by atoms with Crippen LogP contribution in [0.5, 0.6) is 0 Å². The molecule has 0 aliphatic carbocycles. The van der Waals surface area contributed by atoms with Gasteiger partial charge in [0, 0.05) is 32.2 Å². The Balaban J connectivity index is 2.21. The zero-order valence-corrected chi connectivity index (χ0v) is 11.7. The Morgan fingerprint density at radius 1 is 1.26 bits per heavy atom. The highest BCUT2D eigenvalue weighted by Gasteiger charge is 2.34. The second-order valence-electron chi connectivity index (χ2n) is 5.56. The lowest BCUT2D eigenvalue weighted by atomic mass is 9.97. The number of nitriles is 1. The molecule has 0 unspecified atom stereocenters. The van der Waals surface area contributed by atoms with Gasteiger partial charge in [-0.15, -0.1) is 0 Å². The highest BCUT2D eigenvalue weighted by molar-refractivity contribution is 5.74. The second-order valence-corrected chi connectivity index (χ2v) is 5.56. The Labute approximate surface area is 114 Å². The van der Waals surface area contributed by atoms with Gasteiger partial charge in [0.25, 0.3) is 0 Å². The Hall–Kier alpha value is -2.02. The van der Waals surface area contributed by atoms with Gasteiger partial charge in [-0.25, -0.2) is 0 Å². The summed E-state index contributed by atoms with van der Waals surface area (Å²) in [6, 6.07) is 9.75. The monoisotopic (exact) mass is 257 g/mol. The average molecular weight is 257 g/mol. The van der Waals surface area contributed by atoms with Gasteiger partial charge in [0.1, 0.15) is 0 Å². The fourth-order valence-corrected chi connectivity index (χ4v) is 2.62. The largest absolute Gasteiger partial charge is 0.363 e. The highest BCUT2D eigenvalue weighted by Crippen LogP contribution is 2.28. The predicted molar refractivity (Wildman–Crippen MR) is 74.8 cm³/mol. The maximum atomic E-state index is 11.5. The van der Waals surface area contributed by atoms with Crippen LogP contribution in [0.4, 0.5) is 5.69 Å². The zero-order valence-electron chi connectivity index (χ0n) is 11.7. The van der Waals surface area contributed by atoms with Crippen LogP contribution < -0.4 is 4.90 Å². The molecule has 1 fully saturated rings. The standard InChI is InChI=1S/C15H19N3O/c1-12(19)17-8-9-18(15(2,3)11-17)14-6-4-13(10-16)5-7-14/h4-7H,8-9,11H2,1-3H3. The van der Waals surface area contributed by atoms with Crippen molar-refractivity contribution < 1.29 is 4.79 Å². The molecule has 1 aliphatic rings. The van der Waals surface area contributed by atoms with Crippen molar-refractivity contribution in [1.82, 2.24) is 4.90 Å². The van der Waals surface area contributed by atoms with Crippen LogP contribution in [-0.4, -0.2) is 36.0 Å². The van der Waals surface area contributed by atoms with E-state index in [0.717, 1.165) is 25.3 Å². The molecule has 19 heavy (non-hydrogen) atoms. The molecule has 0 aromatic heterocycles. The number of anilines is 1. The molecule has 0 radical (unpaired) electrons. The summed E-state index contributed by atoms with van der Waals surface area (Å²) in [5.74, 6) is 0.132. The van der Waals surface area contributed by atoms with Crippen molar-refractivity contribution in [2.45, 2.75) is 26.3 Å². The van der Waals surface area contributed by atoms with Crippen molar-refractivity contribution in [3.63, 3.8) is 0 Å². The molecule has 2 rings (SSSR count). The van der Waals surface area contributed by atoms with Gasteiger partial charge in [-0.05, 0) is 38.1 Å². The van der Waals surface area contributed by atoms with Gasteiger partial charge < -0.3 is 9.80 Å². The molecule has 1 aromatic carbocycles. The van der Waals surface area contributed by atoms with E-state index in [1.54, 1.807) is 6.92 Å². The maximum Gasteiger partial charge on any atom is 0.219 e. The van der Waals surface area contributed by atoms with Gasteiger partial charge >= 0.3 is 0 Å². The van der Waals surface area contributed by atoms with Gasteiger partial charge in [-0.2, -0.15) is 5.26 Å². The van der Waals surface area contributed by atoms with Crippen LogP contribution in [0.2, 0.25) is 0 Å². The van der Waals surface area contributed by atoms with Crippen LogP contribution in [0, 0.1) is 11.3 Å². The number of carbonyl (C=O) groups excluding carboxylic acids is 1. The molecule has 1 aliphatic heterocycles. The molecule has 0 spiro atoms. The molecule has 4 heteroatoms. The lowest BCUT2D eigenvalue weighted by Crippen LogP contribution is -2.60. The maximum absolute atomic E-state index is 11.5. The molecule has 1 saturated heterocycles. The number of rotatable bonds is 1. The van der Waals surface area contributed by atoms with Gasteiger partial charge in [0.2, 0.25) is 5.91 Å². The summed E-state index contributed by atoms with van der Waals surface area (Å²) in [4.78, 5) is 15.7. The van der Waals surface area contributed by atoms with Crippen molar-refractivity contribution in [3.8, 4) is 6.07 Å². The fraction of sp³-hybridized carbons (Fsp3) is 0.467. The van der Waals surface area contributed by atoms with Crippen LogP contribution in [0.25, 0.3) is 0 Å². The number of hydrogen-bond acceptors (Lipinski definition) is 3. The average Bonchev–Trinajstić information content (AvgIpc) is 2.37. The van der Waals surface area contributed by atoms with Crippen LogP contribution in [0.3, 0.4) is 0 Å². The van der Waals surface area contributed by atoms with Crippen molar-refractivity contribution >= 4 is 11.6 Å². The summed E-state index contributed by atoms with van der Waals surface area (Å²) >= 11 is 0. The number of benzene rings is 1. The molecular formula is C15H19N3O. The quantitative estimate of drug-likeness (QED) is 0.773. The third kappa shape index (κ3) is 2.70. The fourth-order valence-electron chi connectivity index (χ4n) is 2.62. The first kappa shape index (κ1) is 13.4. The van der Waals surface area contributed by atoms with Gasteiger partial charge in [-0.3, -0.25) is 4.79 Å². The third-order valence-corrected chi connectivity index (χ3v) is 3.66. The van der Waals surface area contributed by atoms with Gasteiger partial charge in [-0.1, -0.05) is 0 Å². The van der Waals surface area contributed by atoms with E-state index in [9.17, 15) is 4.79 Å². The van der Waals surface area contributed by atoms with Crippen LogP contribution >= 0.6 is 0 Å². The number of carbonyl (C=O) groups is 1. The van der Waals surface area contributed by atoms with Gasteiger partial charge in [0.05, 0.1) is 17.2 Å². The van der Waals surface area contributed by atoms with Crippen LogP contribution in [-0.2, 0) is 4.79 Å². The summed E-state index contributed by atoms with van der Waals surface area (Å²) in [5, 5.41) is 8.83. The Bertz CT molecular complexity index is 513. The minimum absolute atomic E-state index is 0.0991. The van der Waals surface area contributed by atoms with Gasteiger partial charge in [0.15, 0.2) is 0 Å². The Morgan fingerprint density at radius 2 is 1.89 bits per heavy atom. The SMILES string of the molecule is CC(=O)N1CCN(c2ccc(C#N)cc2)C(C)(C)C1. The van der Waals surface area contributed by atoms with E-state index < -0.39 is 0 Å². The van der Waals surface area contributed by atoms with Crippen molar-refractivity contribution in [2.24, 2.45) is 0 Å². The first-order chi connectivity index (χ1) is 8.94. The molecule has 4 nitrogen and oxygen atoms in total. The van der Waals surface area contributed by atoms with E-state index in [0.29, 0.717) is 5.56 Å².